The van der Waals surface area contributed by atoms with E-state index in [1.807, 2.05) is 66.7 Å². The molecule has 6 heteroatoms. The van der Waals surface area contributed by atoms with E-state index in [1.165, 1.54) is 0 Å². The molecule has 170 valence electrons. The Morgan fingerprint density at radius 3 is 2.06 bits per heavy atom. The van der Waals surface area contributed by atoms with Gasteiger partial charge in [0.05, 0.1) is 45.9 Å². The van der Waals surface area contributed by atoms with Gasteiger partial charge in [-0.3, -0.25) is 10.4 Å². The average Bonchev–Trinajstić information content (AvgIpc) is 3.31. The lowest BCUT2D eigenvalue weighted by Crippen LogP contribution is -2.34. The lowest BCUT2D eigenvalue weighted by atomic mass is 10.0. The molecule has 1 N–H and O–H groups in total. The fourth-order valence-corrected chi connectivity index (χ4v) is 3.82. The molecule has 0 radical (unpaired) electrons. The maximum atomic E-state index is 5.69. The zero-order valence-electron chi connectivity index (χ0n) is 19.2. The summed E-state index contributed by atoms with van der Waals surface area (Å²) in [6.07, 6.45) is 6.23. The molecule has 3 aromatic carbocycles. The molecule has 0 saturated heterocycles. The van der Waals surface area contributed by atoms with Crippen molar-refractivity contribution in [1.82, 2.24) is 5.43 Å². The third-order valence-electron chi connectivity index (χ3n) is 5.54. The Morgan fingerprint density at radius 1 is 0.727 bits per heavy atom. The smallest absolute Gasteiger partial charge is 0.129 e. The molecule has 0 saturated carbocycles. The third kappa shape index (κ3) is 4.75. The van der Waals surface area contributed by atoms with Gasteiger partial charge in [-0.2, -0.15) is 0 Å². The summed E-state index contributed by atoms with van der Waals surface area (Å²) >= 11 is 0. The first-order chi connectivity index (χ1) is 16.2. The highest BCUT2D eigenvalue weighted by atomic mass is 16.5. The Bertz CT molecular complexity index is 1160. The summed E-state index contributed by atoms with van der Waals surface area (Å²) < 4.78 is 21.9. The second-order valence-corrected chi connectivity index (χ2v) is 7.43. The second-order valence-electron chi connectivity index (χ2n) is 7.43. The zero-order valence-corrected chi connectivity index (χ0v) is 19.2. The largest absolute Gasteiger partial charge is 0.497 e. The molecular weight excluding hydrogens is 416 g/mol. The standard InChI is InChI=1S/C27H28N2O4/c1-30-22-13-11-19(26(17-22)32-3)10-12-20-16-25(29(28-20)21-8-6-5-7-9-21)24-15-14-23(31-2)18-27(24)33-4/h5-18,25,28H,1-4H3. The molecule has 0 aromatic heterocycles. The SMILES string of the molecule is COc1ccc(C=CC2=CC(c3ccc(OC)cc3OC)N(c3ccccc3)N2)c(OC)c1. The number of allylic oxidation sites excluding steroid dienone is 1. The van der Waals surface area contributed by atoms with E-state index in [4.69, 9.17) is 18.9 Å². The maximum Gasteiger partial charge on any atom is 0.129 e. The lowest BCUT2D eigenvalue weighted by molar-refractivity contribution is 0.389. The van der Waals surface area contributed by atoms with Crippen molar-refractivity contribution in [3.05, 3.63) is 95.7 Å². The van der Waals surface area contributed by atoms with Crippen LogP contribution >= 0.6 is 0 Å². The van der Waals surface area contributed by atoms with Gasteiger partial charge >= 0.3 is 0 Å². The normalized spacial score (nSPS) is 15.2. The summed E-state index contributed by atoms with van der Waals surface area (Å²) in [5.41, 5.74) is 7.51. The van der Waals surface area contributed by atoms with E-state index in [0.717, 1.165) is 45.5 Å². The number of anilines is 1. The first kappa shape index (κ1) is 22.1. The predicted molar refractivity (Wildman–Crippen MR) is 131 cm³/mol. The van der Waals surface area contributed by atoms with Crippen LogP contribution in [0.5, 0.6) is 23.0 Å². The Hall–Kier alpha value is -4.06. The Morgan fingerprint density at radius 2 is 1.39 bits per heavy atom. The number of hydrogen-bond donors (Lipinski definition) is 1. The van der Waals surface area contributed by atoms with Crippen molar-refractivity contribution in [2.24, 2.45) is 0 Å². The highest BCUT2D eigenvalue weighted by Crippen LogP contribution is 2.38. The van der Waals surface area contributed by atoms with Crippen molar-refractivity contribution in [3.8, 4) is 23.0 Å². The van der Waals surface area contributed by atoms with Crippen LogP contribution in [0, 0.1) is 0 Å². The Labute approximate surface area is 194 Å². The van der Waals surface area contributed by atoms with Crippen LogP contribution in [-0.2, 0) is 0 Å². The number of nitrogens with zero attached hydrogens (tertiary/aromatic N) is 1. The highest BCUT2D eigenvalue weighted by Gasteiger charge is 2.28. The van der Waals surface area contributed by atoms with Crippen LogP contribution in [0.15, 0.2) is 84.6 Å². The van der Waals surface area contributed by atoms with Crippen molar-refractivity contribution in [1.29, 1.82) is 0 Å². The van der Waals surface area contributed by atoms with E-state index in [0.29, 0.717) is 0 Å². The van der Waals surface area contributed by atoms with Gasteiger partial charge in [-0.25, -0.2) is 0 Å². The number of para-hydroxylation sites is 1. The van der Waals surface area contributed by atoms with Crippen LogP contribution in [0.25, 0.3) is 6.08 Å². The molecule has 1 aliphatic rings. The van der Waals surface area contributed by atoms with Crippen molar-refractivity contribution >= 4 is 11.8 Å². The number of ether oxygens (including phenoxy) is 4. The molecule has 0 amide bonds. The van der Waals surface area contributed by atoms with Gasteiger partial charge in [0.1, 0.15) is 23.0 Å². The first-order valence-corrected chi connectivity index (χ1v) is 10.6. The Kier molecular flexibility index (Phi) is 6.74. The summed E-state index contributed by atoms with van der Waals surface area (Å²) in [7, 11) is 6.62. The molecule has 0 bridgehead atoms. The number of benzene rings is 3. The van der Waals surface area contributed by atoms with Crippen molar-refractivity contribution in [2.45, 2.75) is 6.04 Å². The van der Waals surface area contributed by atoms with Gasteiger partial charge in [-0.15, -0.1) is 0 Å². The number of hydrogen-bond acceptors (Lipinski definition) is 6. The minimum absolute atomic E-state index is 0.0781. The van der Waals surface area contributed by atoms with Crippen LogP contribution in [0.2, 0.25) is 0 Å². The molecule has 1 unspecified atom stereocenters. The molecule has 1 aliphatic heterocycles. The van der Waals surface area contributed by atoms with Crippen LogP contribution < -0.4 is 29.4 Å². The van der Waals surface area contributed by atoms with Gasteiger partial charge in [0.25, 0.3) is 0 Å². The maximum absolute atomic E-state index is 5.69. The zero-order chi connectivity index (χ0) is 23.2. The topological polar surface area (TPSA) is 52.2 Å². The molecule has 4 rings (SSSR count). The van der Waals surface area contributed by atoms with E-state index in [2.05, 4.69) is 28.6 Å². The third-order valence-corrected chi connectivity index (χ3v) is 5.54. The van der Waals surface area contributed by atoms with Gasteiger partial charge in [0, 0.05) is 23.3 Å². The molecule has 33 heavy (non-hydrogen) atoms. The predicted octanol–water partition coefficient (Wildman–Crippen LogP) is 5.38. The molecule has 0 spiro atoms. The van der Waals surface area contributed by atoms with Crippen molar-refractivity contribution < 1.29 is 18.9 Å². The van der Waals surface area contributed by atoms with Gasteiger partial charge < -0.3 is 18.9 Å². The summed E-state index contributed by atoms with van der Waals surface area (Å²) in [6, 6.07) is 21.8. The van der Waals surface area contributed by atoms with E-state index in [1.54, 1.807) is 28.4 Å². The fourth-order valence-electron chi connectivity index (χ4n) is 3.82. The fraction of sp³-hybridized carbons (Fsp3) is 0.185. The van der Waals surface area contributed by atoms with Gasteiger partial charge in [-0.05, 0) is 54.6 Å². The van der Waals surface area contributed by atoms with Crippen LogP contribution in [0.4, 0.5) is 5.69 Å². The number of methoxy groups -OCH3 is 4. The van der Waals surface area contributed by atoms with Crippen LogP contribution in [0.1, 0.15) is 17.2 Å². The number of nitrogens with one attached hydrogen (secondary N) is 1. The van der Waals surface area contributed by atoms with Gasteiger partial charge in [0.15, 0.2) is 0 Å². The first-order valence-electron chi connectivity index (χ1n) is 10.6. The summed E-state index contributed by atoms with van der Waals surface area (Å²) in [5, 5.41) is 2.12. The molecule has 3 aromatic rings. The van der Waals surface area contributed by atoms with Crippen molar-refractivity contribution in [2.75, 3.05) is 33.4 Å². The van der Waals surface area contributed by atoms with E-state index < -0.39 is 0 Å². The summed E-state index contributed by atoms with van der Waals surface area (Å²) in [5.74, 6) is 3.02. The molecule has 1 atom stereocenters. The molecule has 0 aliphatic carbocycles. The second kappa shape index (κ2) is 10.0. The van der Waals surface area contributed by atoms with E-state index in [-0.39, 0.29) is 6.04 Å². The molecule has 1 heterocycles. The Balaban J connectivity index is 1.70. The lowest BCUT2D eigenvalue weighted by Gasteiger charge is -2.28. The molecular formula is C27H28N2O4. The minimum atomic E-state index is -0.0781. The average molecular weight is 445 g/mol. The van der Waals surface area contributed by atoms with Crippen molar-refractivity contribution in [3.63, 3.8) is 0 Å². The van der Waals surface area contributed by atoms with E-state index in [9.17, 15) is 0 Å². The minimum Gasteiger partial charge on any atom is -0.497 e. The summed E-state index contributed by atoms with van der Waals surface area (Å²) in [4.78, 5) is 0. The molecule has 0 fully saturated rings. The van der Waals surface area contributed by atoms with Gasteiger partial charge in [0.2, 0.25) is 0 Å². The number of rotatable bonds is 8. The van der Waals surface area contributed by atoms with Gasteiger partial charge in [-0.1, -0.05) is 18.2 Å². The summed E-state index contributed by atoms with van der Waals surface area (Å²) in [6.45, 7) is 0. The highest BCUT2D eigenvalue weighted by molar-refractivity contribution is 5.63. The quantitative estimate of drug-likeness (QED) is 0.503. The van der Waals surface area contributed by atoms with Crippen LogP contribution in [-0.4, -0.2) is 28.4 Å². The number of hydrazine groups is 1. The van der Waals surface area contributed by atoms with Crippen LogP contribution in [0.3, 0.4) is 0 Å². The monoisotopic (exact) mass is 444 g/mol. The van der Waals surface area contributed by atoms with E-state index >= 15 is 0 Å². The molecule has 6 nitrogen and oxygen atoms in total.